The van der Waals surface area contributed by atoms with E-state index in [-0.39, 0.29) is 0 Å². The van der Waals surface area contributed by atoms with E-state index in [4.69, 9.17) is 9.97 Å². The zero-order valence-corrected chi connectivity index (χ0v) is 28.8. The summed E-state index contributed by atoms with van der Waals surface area (Å²) >= 11 is 0. The first-order chi connectivity index (χ1) is 25.6. The zero-order chi connectivity index (χ0) is 34.5. The molecule has 244 valence electrons. The van der Waals surface area contributed by atoms with E-state index in [1.165, 1.54) is 76.0 Å². The van der Waals surface area contributed by atoms with Crippen LogP contribution in [0.1, 0.15) is 11.1 Å². The number of nitrogens with zero attached hydrogens (tertiary/aromatic N) is 4. The third-order valence-corrected chi connectivity index (χ3v) is 10.8. The van der Waals surface area contributed by atoms with Gasteiger partial charge in [0.25, 0.3) is 0 Å². The number of para-hydroxylation sites is 4. The van der Waals surface area contributed by atoms with Crippen molar-refractivity contribution in [2.24, 2.45) is 0 Å². The van der Waals surface area contributed by atoms with Gasteiger partial charge in [0.2, 0.25) is 0 Å². The topological polar surface area (TPSA) is 34.6 Å². The Bertz CT molecular complexity index is 3440. The van der Waals surface area contributed by atoms with E-state index in [0.717, 1.165) is 33.4 Å². The highest BCUT2D eigenvalue weighted by Gasteiger charge is 2.17. The molecule has 0 atom stereocenters. The Morgan fingerprint density at radius 1 is 0.346 bits per heavy atom. The molecular formula is C48H32N4. The van der Waals surface area contributed by atoms with E-state index >= 15 is 0 Å². The Labute approximate surface area is 298 Å². The third kappa shape index (κ3) is 4.09. The number of rotatable bonds is 0. The van der Waals surface area contributed by atoms with Crippen LogP contribution in [0, 0.1) is 13.8 Å². The van der Waals surface area contributed by atoms with Gasteiger partial charge in [-0.1, -0.05) is 115 Å². The van der Waals surface area contributed by atoms with Crippen molar-refractivity contribution in [2.45, 2.75) is 13.8 Å². The van der Waals surface area contributed by atoms with Crippen molar-refractivity contribution in [1.82, 2.24) is 18.8 Å². The van der Waals surface area contributed by atoms with Crippen LogP contribution in [0.2, 0.25) is 0 Å². The number of benzene rings is 8. The zero-order valence-electron chi connectivity index (χ0n) is 28.8. The summed E-state index contributed by atoms with van der Waals surface area (Å²) in [5.41, 5.74) is 11.4. The van der Waals surface area contributed by atoms with Crippen LogP contribution in [0.4, 0.5) is 0 Å². The van der Waals surface area contributed by atoms with E-state index in [1.807, 2.05) is 0 Å². The SMILES string of the molecule is Cc1ccc2c(c1)c1c3ccccc3ccc1c1nc3ccccc3n21.Cc1ccc2c3ccc4ccccc4c3c3nc4ccccc4n3c2c1. The lowest BCUT2D eigenvalue weighted by atomic mass is 9.98. The van der Waals surface area contributed by atoms with Gasteiger partial charge in [0.15, 0.2) is 0 Å². The highest BCUT2D eigenvalue weighted by molar-refractivity contribution is 6.25. The fourth-order valence-electron chi connectivity index (χ4n) is 8.47. The van der Waals surface area contributed by atoms with Crippen molar-refractivity contribution in [2.75, 3.05) is 0 Å². The molecule has 4 aromatic heterocycles. The second-order valence-electron chi connectivity index (χ2n) is 14.0. The third-order valence-electron chi connectivity index (χ3n) is 10.8. The van der Waals surface area contributed by atoms with Crippen molar-refractivity contribution >= 4 is 98.3 Å². The Kier molecular flexibility index (Phi) is 6.06. The molecule has 4 heteroatoms. The van der Waals surface area contributed by atoms with Gasteiger partial charge in [-0.25, -0.2) is 9.97 Å². The molecule has 4 heterocycles. The lowest BCUT2D eigenvalue weighted by molar-refractivity contribution is 1.31. The van der Waals surface area contributed by atoms with Crippen molar-refractivity contribution in [3.05, 3.63) is 169 Å². The van der Waals surface area contributed by atoms with E-state index < -0.39 is 0 Å². The summed E-state index contributed by atoms with van der Waals surface area (Å²) in [6.45, 7) is 4.31. The average molecular weight is 665 g/mol. The van der Waals surface area contributed by atoms with E-state index in [9.17, 15) is 0 Å². The molecule has 0 unspecified atom stereocenters. The monoisotopic (exact) mass is 664 g/mol. The smallest absolute Gasteiger partial charge is 0.147 e. The summed E-state index contributed by atoms with van der Waals surface area (Å²) in [7, 11) is 0. The van der Waals surface area contributed by atoms with E-state index in [1.54, 1.807) is 0 Å². The molecular weight excluding hydrogens is 633 g/mol. The van der Waals surface area contributed by atoms with Gasteiger partial charge in [-0.2, -0.15) is 0 Å². The Morgan fingerprint density at radius 2 is 0.885 bits per heavy atom. The molecule has 0 aliphatic rings. The number of hydrogen-bond acceptors (Lipinski definition) is 2. The summed E-state index contributed by atoms with van der Waals surface area (Å²) in [5, 5.41) is 12.6. The number of aromatic nitrogens is 4. The van der Waals surface area contributed by atoms with Crippen molar-refractivity contribution in [3.8, 4) is 0 Å². The molecule has 0 aliphatic carbocycles. The molecule has 0 amide bonds. The Hall–Kier alpha value is -6.78. The van der Waals surface area contributed by atoms with E-state index in [2.05, 4.69) is 180 Å². The number of fused-ring (bicyclic) bond motifs is 20. The fraction of sp³-hybridized carbons (Fsp3) is 0.0417. The summed E-state index contributed by atoms with van der Waals surface area (Å²) < 4.78 is 4.63. The second kappa shape index (κ2) is 10.9. The lowest BCUT2D eigenvalue weighted by Crippen LogP contribution is -1.93. The van der Waals surface area contributed by atoms with Crippen LogP contribution >= 0.6 is 0 Å². The maximum Gasteiger partial charge on any atom is 0.147 e. The van der Waals surface area contributed by atoms with Crippen molar-refractivity contribution in [1.29, 1.82) is 0 Å². The van der Waals surface area contributed by atoms with Crippen molar-refractivity contribution < 1.29 is 0 Å². The van der Waals surface area contributed by atoms with Gasteiger partial charge in [-0.15, -0.1) is 0 Å². The first-order valence-corrected chi connectivity index (χ1v) is 17.8. The fourth-order valence-corrected chi connectivity index (χ4v) is 8.47. The highest BCUT2D eigenvalue weighted by Crippen LogP contribution is 2.38. The maximum atomic E-state index is 5.04. The van der Waals surface area contributed by atoms with Gasteiger partial charge >= 0.3 is 0 Å². The molecule has 0 spiro atoms. The standard InChI is InChI=1S/2C24H16N2/c1-15-10-13-21-19(14-15)23-17-7-3-2-6-16(17)11-12-18(23)24-25-20-8-4-5-9-22(20)26(21)24;1-15-10-12-18-19-13-11-16-6-2-3-7-17(16)23(19)24-25-20-8-4-5-9-21(20)26(24)22(18)14-15/h2*2-14H,1H3. The van der Waals surface area contributed by atoms with Gasteiger partial charge in [0.1, 0.15) is 11.3 Å². The molecule has 4 nitrogen and oxygen atoms in total. The molecule has 0 fully saturated rings. The Morgan fingerprint density at radius 3 is 1.62 bits per heavy atom. The molecule has 0 saturated heterocycles. The van der Waals surface area contributed by atoms with Gasteiger partial charge in [-0.3, -0.25) is 8.80 Å². The summed E-state index contributed by atoms with van der Waals surface area (Å²) in [6.07, 6.45) is 0. The first-order valence-electron chi connectivity index (χ1n) is 17.8. The van der Waals surface area contributed by atoms with Crippen LogP contribution in [0.5, 0.6) is 0 Å². The predicted molar refractivity (Wildman–Crippen MR) is 220 cm³/mol. The van der Waals surface area contributed by atoms with Gasteiger partial charge in [0, 0.05) is 26.9 Å². The molecule has 0 bridgehead atoms. The molecule has 0 N–H and O–H groups in total. The van der Waals surface area contributed by atoms with E-state index in [0.29, 0.717) is 0 Å². The quantitative estimate of drug-likeness (QED) is 0.151. The highest BCUT2D eigenvalue weighted by atomic mass is 15.0. The van der Waals surface area contributed by atoms with Crippen LogP contribution in [0.15, 0.2) is 158 Å². The van der Waals surface area contributed by atoms with Crippen LogP contribution in [-0.4, -0.2) is 18.8 Å². The lowest BCUT2D eigenvalue weighted by Gasteiger charge is -2.12. The second-order valence-corrected chi connectivity index (χ2v) is 14.0. The van der Waals surface area contributed by atoms with Gasteiger partial charge < -0.3 is 0 Å². The number of imidazole rings is 2. The summed E-state index contributed by atoms with van der Waals surface area (Å²) in [6, 6.07) is 56.3. The molecule has 52 heavy (non-hydrogen) atoms. The minimum absolute atomic E-state index is 1.03. The van der Waals surface area contributed by atoms with Gasteiger partial charge in [0.05, 0.1) is 33.1 Å². The number of hydrogen-bond donors (Lipinski definition) is 0. The summed E-state index contributed by atoms with van der Waals surface area (Å²) in [4.78, 5) is 10.0. The van der Waals surface area contributed by atoms with Gasteiger partial charge in [-0.05, 0) is 94.9 Å². The molecule has 12 rings (SSSR count). The molecule has 12 aromatic rings. The van der Waals surface area contributed by atoms with Crippen LogP contribution < -0.4 is 0 Å². The van der Waals surface area contributed by atoms with Crippen LogP contribution in [0.25, 0.3) is 98.3 Å². The van der Waals surface area contributed by atoms with Crippen LogP contribution in [0.3, 0.4) is 0 Å². The van der Waals surface area contributed by atoms with Crippen molar-refractivity contribution in [3.63, 3.8) is 0 Å². The molecule has 0 saturated carbocycles. The molecule has 0 radical (unpaired) electrons. The molecule has 0 aliphatic heterocycles. The summed E-state index contributed by atoms with van der Waals surface area (Å²) in [5.74, 6) is 0. The minimum atomic E-state index is 1.03. The molecule has 8 aromatic carbocycles. The largest absolute Gasteiger partial charge is 0.292 e. The first kappa shape index (κ1) is 29.0. The minimum Gasteiger partial charge on any atom is -0.292 e. The maximum absolute atomic E-state index is 5.04. The predicted octanol–water partition coefficient (Wildman–Crippen LogP) is 12.5. The van der Waals surface area contributed by atoms with Crippen LogP contribution in [-0.2, 0) is 0 Å². The normalized spacial score (nSPS) is 12.0. The Balaban J connectivity index is 0.000000123. The number of aryl methyl sites for hydroxylation is 2. The average Bonchev–Trinajstić information content (AvgIpc) is 3.77. The number of pyridine rings is 2.